The highest BCUT2D eigenvalue weighted by Crippen LogP contribution is 2.36. The molecule has 0 radical (unpaired) electrons. The van der Waals surface area contributed by atoms with Crippen LogP contribution in [0.4, 0.5) is 22.0 Å². The smallest absolute Gasteiger partial charge is 0.167 e. The van der Waals surface area contributed by atoms with Gasteiger partial charge < -0.3 is 9.47 Å². The van der Waals surface area contributed by atoms with Gasteiger partial charge in [0.15, 0.2) is 23.3 Å². The SMILES string of the molecule is C=CC1CCC(CCc2ccc(-c3ccc(-c4ccc(OCC)cc4F)c(F)c3F)c(F)c2F)CO1. The maximum Gasteiger partial charge on any atom is 0.167 e. The summed E-state index contributed by atoms with van der Waals surface area (Å²) >= 11 is 0. The Bertz CT molecular complexity index is 1250. The summed E-state index contributed by atoms with van der Waals surface area (Å²) < 4.78 is 85.1. The van der Waals surface area contributed by atoms with Crippen molar-refractivity contribution in [3.63, 3.8) is 0 Å². The molecule has 1 fully saturated rings. The van der Waals surface area contributed by atoms with Crippen molar-refractivity contribution >= 4 is 0 Å². The van der Waals surface area contributed by atoms with Crippen LogP contribution in [0, 0.1) is 35.0 Å². The Morgan fingerprint density at radius 3 is 2.06 bits per heavy atom. The van der Waals surface area contributed by atoms with E-state index >= 15 is 0 Å². The van der Waals surface area contributed by atoms with Gasteiger partial charge in [-0.1, -0.05) is 30.3 Å². The largest absolute Gasteiger partial charge is 0.494 e. The van der Waals surface area contributed by atoms with Crippen LogP contribution < -0.4 is 4.74 Å². The lowest BCUT2D eigenvalue weighted by Gasteiger charge is -2.27. The second kappa shape index (κ2) is 11.2. The Hall–Kier alpha value is -3.19. The van der Waals surface area contributed by atoms with Crippen molar-refractivity contribution in [2.24, 2.45) is 5.92 Å². The Balaban J connectivity index is 1.56. The van der Waals surface area contributed by atoms with Crippen LogP contribution in [-0.2, 0) is 11.2 Å². The number of halogens is 5. The van der Waals surface area contributed by atoms with Gasteiger partial charge in [-0.2, -0.15) is 0 Å². The molecule has 0 N–H and O–H groups in total. The summed E-state index contributed by atoms with van der Waals surface area (Å²) in [6.07, 6.45) is 4.44. The fourth-order valence-corrected chi connectivity index (χ4v) is 4.53. The second-order valence-electron chi connectivity index (χ2n) is 8.85. The van der Waals surface area contributed by atoms with E-state index < -0.39 is 40.2 Å². The lowest BCUT2D eigenvalue weighted by molar-refractivity contribution is 0.00880. The second-order valence-corrected chi connectivity index (χ2v) is 8.85. The molecule has 190 valence electrons. The van der Waals surface area contributed by atoms with Crippen LogP contribution in [0.25, 0.3) is 22.3 Å². The van der Waals surface area contributed by atoms with E-state index in [0.29, 0.717) is 26.1 Å². The Morgan fingerprint density at radius 2 is 1.47 bits per heavy atom. The Morgan fingerprint density at radius 1 is 0.861 bits per heavy atom. The highest BCUT2D eigenvalue weighted by atomic mass is 19.2. The van der Waals surface area contributed by atoms with Gasteiger partial charge in [0.25, 0.3) is 0 Å². The van der Waals surface area contributed by atoms with E-state index in [4.69, 9.17) is 9.47 Å². The van der Waals surface area contributed by atoms with Gasteiger partial charge in [-0.25, -0.2) is 22.0 Å². The van der Waals surface area contributed by atoms with Crippen molar-refractivity contribution in [3.8, 4) is 28.0 Å². The van der Waals surface area contributed by atoms with Crippen molar-refractivity contribution in [1.82, 2.24) is 0 Å². The van der Waals surface area contributed by atoms with Crippen LogP contribution in [0.2, 0.25) is 0 Å². The summed E-state index contributed by atoms with van der Waals surface area (Å²) in [5.41, 5.74) is -1.18. The van der Waals surface area contributed by atoms with E-state index in [1.165, 1.54) is 24.3 Å². The van der Waals surface area contributed by atoms with Crippen LogP contribution in [0.15, 0.2) is 55.1 Å². The van der Waals surface area contributed by atoms with Crippen molar-refractivity contribution in [2.45, 2.75) is 38.7 Å². The third-order valence-electron chi connectivity index (χ3n) is 6.57. The van der Waals surface area contributed by atoms with E-state index in [0.717, 1.165) is 31.0 Å². The van der Waals surface area contributed by atoms with Gasteiger partial charge in [0.1, 0.15) is 11.6 Å². The van der Waals surface area contributed by atoms with Crippen LogP contribution >= 0.6 is 0 Å². The molecule has 0 aliphatic carbocycles. The first-order chi connectivity index (χ1) is 17.3. The lowest BCUT2D eigenvalue weighted by Crippen LogP contribution is -2.24. The maximum atomic E-state index is 15.0. The first-order valence-electron chi connectivity index (χ1n) is 12.0. The molecular weight excluding hydrogens is 475 g/mol. The van der Waals surface area contributed by atoms with E-state index in [1.807, 2.05) is 0 Å². The third-order valence-corrected chi connectivity index (χ3v) is 6.57. The normalized spacial score (nSPS) is 17.7. The van der Waals surface area contributed by atoms with Gasteiger partial charge in [-0.15, -0.1) is 6.58 Å². The number of hydrogen-bond donors (Lipinski definition) is 0. The zero-order valence-corrected chi connectivity index (χ0v) is 19.9. The van der Waals surface area contributed by atoms with Gasteiger partial charge in [0, 0.05) is 28.3 Å². The molecule has 36 heavy (non-hydrogen) atoms. The van der Waals surface area contributed by atoms with Gasteiger partial charge in [-0.3, -0.25) is 0 Å². The summed E-state index contributed by atoms with van der Waals surface area (Å²) in [6, 6.07) is 8.71. The quantitative estimate of drug-likeness (QED) is 0.229. The predicted molar refractivity (Wildman–Crippen MR) is 129 cm³/mol. The monoisotopic (exact) mass is 502 g/mol. The molecule has 3 aromatic carbocycles. The summed E-state index contributed by atoms with van der Waals surface area (Å²) in [5.74, 6) is -5.39. The van der Waals surface area contributed by atoms with E-state index in [2.05, 4.69) is 6.58 Å². The highest BCUT2D eigenvalue weighted by Gasteiger charge is 2.24. The minimum Gasteiger partial charge on any atom is -0.494 e. The molecule has 0 spiro atoms. The van der Waals surface area contributed by atoms with Crippen LogP contribution in [0.3, 0.4) is 0 Å². The molecule has 0 amide bonds. The first-order valence-corrected chi connectivity index (χ1v) is 12.0. The molecule has 1 aliphatic rings. The van der Waals surface area contributed by atoms with E-state index in [-0.39, 0.29) is 34.5 Å². The molecule has 2 unspecified atom stereocenters. The molecule has 1 saturated heterocycles. The Kier molecular flexibility index (Phi) is 8.09. The Labute approximate surface area is 207 Å². The van der Waals surface area contributed by atoms with Crippen molar-refractivity contribution in [2.75, 3.05) is 13.2 Å². The molecular formula is C29H27F5O2. The van der Waals surface area contributed by atoms with Gasteiger partial charge in [-0.05, 0) is 56.2 Å². The third kappa shape index (κ3) is 5.31. The first kappa shape index (κ1) is 25.9. The number of rotatable bonds is 8. The van der Waals surface area contributed by atoms with E-state index in [1.54, 1.807) is 13.0 Å². The molecule has 2 atom stereocenters. The fourth-order valence-electron chi connectivity index (χ4n) is 4.53. The number of hydrogen-bond acceptors (Lipinski definition) is 2. The minimum atomic E-state index is -1.39. The molecule has 0 aromatic heterocycles. The molecule has 7 heteroatoms. The summed E-state index contributed by atoms with van der Waals surface area (Å²) in [7, 11) is 0. The predicted octanol–water partition coefficient (Wildman–Crippen LogP) is 8.03. The number of aryl methyl sites for hydroxylation is 1. The standard InChI is InChI=1S/C29H27F5O2/c1-3-19-9-6-17(16-36-19)5-7-18-8-11-23(27(32)26(18)31)24-14-13-22(28(33)29(24)34)21-12-10-20(35-4-2)15-25(21)30/h3,8,10-15,17,19H,1,4-7,9,16H2,2H3. The van der Waals surface area contributed by atoms with Crippen molar-refractivity contribution in [3.05, 3.63) is 89.8 Å². The topological polar surface area (TPSA) is 18.5 Å². The van der Waals surface area contributed by atoms with E-state index in [9.17, 15) is 22.0 Å². The highest BCUT2D eigenvalue weighted by molar-refractivity contribution is 5.73. The number of benzene rings is 3. The molecule has 0 bridgehead atoms. The zero-order valence-electron chi connectivity index (χ0n) is 19.9. The molecule has 4 rings (SSSR count). The zero-order chi connectivity index (χ0) is 25.8. The van der Waals surface area contributed by atoms with Crippen molar-refractivity contribution < 1.29 is 31.4 Å². The van der Waals surface area contributed by atoms with Gasteiger partial charge in [0.05, 0.1) is 19.3 Å². The molecule has 0 saturated carbocycles. The van der Waals surface area contributed by atoms with Crippen LogP contribution in [0.5, 0.6) is 5.75 Å². The average molecular weight is 503 g/mol. The van der Waals surface area contributed by atoms with Crippen LogP contribution in [-0.4, -0.2) is 19.3 Å². The molecule has 1 aliphatic heterocycles. The number of ether oxygens (including phenoxy) is 2. The molecule has 2 nitrogen and oxygen atoms in total. The molecule has 1 heterocycles. The van der Waals surface area contributed by atoms with Gasteiger partial charge >= 0.3 is 0 Å². The lowest BCUT2D eigenvalue weighted by atomic mass is 9.91. The van der Waals surface area contributed by atoms with Crippen molar-refractivity contribution in [1.29, 1.82) is 0 Å². The minimum absolute atomic E-state index is 0.0299. The fraction of sp³-hybridized carbons (Fsp3) is 0.310. The van der Waals surface area contributed by atoms with Crippen LogP contribution in [0.1, 0.15) is 31.7 Å². The summed E-state index contributed by atoms with van der Waals surface area (Å²) in [4.78, 5) is 0. The molecule has 3 aromatic rings. The summed E-state index contributed by atoms with van der Waals surface area (Å²) in [5, 5.41) is 0. The average Bonchev–Trinajstić information content (AvgIpc) is 2.88. The van der Waals surface area contributed by atoms with Gasteiger partial charge in [0.2, 0.25) is 0 Å². The summed E-state index contributed by atoms with van der Waals surface area (Å²) in [6.45, 7) is 6.30. The maximum absolute atomic E-state index is 15.0.